The van der Waals surface area contributed by atoms with Crippen molar-refractivity contribution in [2.45, 2.75) is 270 Å². The third-order valence-electron chi connectivity index (χ3n) is 12.7. The summed E-state index contributed by atoms with van der Waals surface area (Å²) in [6.07, 6.45) is 67.5. The maximum atomic E-state index is 12.9. The van der Waals surface area contributed by atoms with Crippen LogP contribution in [0.2, 0.25) is 0 Å². The minimum absolute atomic E-state index is 0.00993. The van der Waals surface area contributed by atoms with E-state index in [0.717, 1.165) is 57.8 Å². The van der Waals surface area contributed by atoms with Gasteiger partial charge in [-0.3, -0.25) is 9.36 Å². The van der Waals surface area contributed by atoms with Gasteiger partial charge in [0, 0.05) is 6.42 Å². The van der Waals surface area contributed by atoms with Gasteiger partial charge >= 0.3 is 0 Å². The number of unbranched alkanes of at least 4 members (excludes halogenated alkanes) is 31. The van der Waals surface area contributed by atoms with Crippen LogP contribution in [0.3, 0.4) is 0 Å². The predicted octanol–water partition coefficient (Wildman–Crippen LogP) is 16.7. The minimum Gasteiger partial charge on any atom is -0.756 e. The first-order valence-corrected chi connectivity index (χ1v) is 30.1. The van der Waals surface area contributed by atoms with Gasteiger partial charge in [-0.25, -0.2) is 0 Å². The first-order chi connectivity index (χ1) is 33.0. The molecule has 0 fully saturated rings. The van der Waals surface area contributed by atoms with E-state index >= 15 is 0 Å². The van der Waals surface area contributed by atoms with Crippen LogP contribution in [-0.2, 0) is 18.4 Å². The molecule has 3 atom stereocenters. The molecular formula is C59H111N2O6P. The van der Waals surface area contributed by atoms with Crippen LogP contribution in [0.5, 0.6) is 0 Å². The highest BCUT2D eigenvalue weighted by molar-refractivity contribution is 7.45. The molecule has 9 heteroatoms. The van der Waals surface area contributed by atoms with Gasteiger partial charge in [0.05, 0.1) is 39.9 Å². The number of nitrogens with one attached hydrogen (secondary N) is 1. The maximum Gasteiger partial charge on any atom is 0.268 e. The fourth-order valence-corrected chi connectivity index (χ4v) is 8.88. The van der Waals surface area contributed by atoms with Crippen molar-refractivity contribution < 1.29 is 32.9 Å². The van der Waals surface area contributed by atoms with Crippen LogP contribution in [0.4, 0.5) is 0 Å². The van der Waals surface area contributed by atoms with E-state index in [1.54, 1.807) is 6.08 Å². The molecule has 3 unspecified atom stereocenters. The largest absolute Gasteiger partial charge is 0.756 e. The summed E-state index contributed by atoms with van der Waals surface area (Å²) in [5.74, 6) is -0.211. The number of allylic oxidation sites excluding steroid dienone is 9. The third-order valence-corrected chi connectivity index (χ3v) is 13.6. The second kappa shape index (κ2) is 50.2. The number of carbonyl (C=O) groups is 1. The molecule has 0 aromatic carbocycles. The van der Waals surface area contributed by atoms with Crippen molar-refractivity contribution in [1.29, 1.82) is 0 Å². The van der Waals surface area contributed by atoms with Crippen molar-refractivity contribution in [2.24, 2.45) is 0 Å². The van der Waals surface area contributed by atoms with Crippen LogP contribution in [0, 0.1) is 0 Å². The van der Waals surface area contributed by atoms with E-state index in [0.29, 0.717) is 17.4 Å². The third kappa shape index (κ3) is 52.0. The predicted molar refractivity (Wildman–Crippen MR) is 293 cm³/mol. The number of amides is 1. The molecular weight excluding hydrogens is 864 g/mol. The quantitative estimate of drug-likeness (QED) is 0.0272. The second-order valence-corrected chi connectivity index (χ2v) is 22.0. The van der Waals surface area contributed by atoms with Crippen molar-refractivity contribution in [3.63, 3.8) is 0 Å². The molecule has 0 saturated heterocycles. The molecule has 0 aliphatic rings. The first kappa shape index (κ1) is 66.2. The van der Waals surface area contributed by atoms with Crippen molar-refractivity contribution in [2.75, 3.05) is 40.9 Å². The molecule has 2 N–H and O–H groups in total. The number of quaternary nitrogens is 1. The number of carbonyl (C=O) groups excluding carboxylic acids is 1. The van der Waals surface area contributed by atoms with E-state index in [1.807, 2.05) is 27.2 Å². The summed E-state index contributed by atoms with van der Waals surface area (Å²) in [5, 5.41) is 13.8. The van der Waals surface area contributed by atoms with Crippen LogP contribution in [0.15, 0.2) is 60.8 Å². The van der Waals surface area contributed by atoms with Crippen LogP contribution < -0.4 is 10.2 Å². The molecule has 1 amide bonds. The Morgan fingerprint density at radius 1 is 0.515 bits per heavy atom. The Hall–Kier alpha value is -1.80. The molecule has 8 nitrogen and oxygen atoms in total. The van der Waals surface area contributed by atoms with E-state index in [4.69, 9.17) is 9.05 Å². The lowest BCUT2D eigenvalue weighted by atomic mass is 10.0. The number of nitrogens with zero attached hydrogens (tertiary/aromatic N) is 1. The molecule has 0 radical (unpaired) electrons. The molecule has 0 rings (SSSR count). The van der Waals surface area contributed by atoms with Gasteiger partial charge in [-0.2, -0.15) is 0 Å². The topological polar surface area (TPSA) is 108 Å². The summed E-state index contributed by atoms with van der Waals surface area (Å²) < 4.78 is 23.3. The smallest absolute Gasteiger partial charge is 0.268 e. The average molecular weight is 976 g/mol. The Morgan fingerprint density at radius 2 is 0.868 bits per heavy atom. The fraction of sp³-hybridized carbons (Fsp3) is 0.814. The number of hydrogen-bond donors (Lipinski definition) is 2. The zero-order valence-corrected chi connectivity index (χ0v) is 46.2. The maximum absolute atomic E-state index is 12.9. The minimum atomic E-state index is -4.60. The van der Waals surface area contributed by atoms with Crippen molar-refractivity contribution >= 4 is 13.7 Å². The van der Waals surface area contributed by atoms with E-state index in [-0.39, 0.29) is 12.5 Å². The highest BCUT2D eigenvalue weighted by Crippen LogP contribution is 2.38. The van der Waals surface area contributed by atoms with Gasteiger partial charge in [0.15, 0.2) is 0 Å². The molecule has 0 aromatic heterocycles. The highest BCUT2D eigenvalue weighted by Gasteiger charge is 2.23. The van der Waals surface area contributed by atoms with E-state index < -0.39 is 26.6 Å². The Balaban J connectivity index is 4.05. The highest BCUT2D eigenvalue weighted by atomic mass is 31.2. The second-order valence-electron chi connectivity index (χ2n) is 20.6. The molecule has 0 aliphatic heterocycles. The molecule has 0 spiro atoms. The number of hydrogen-bond acceptors (Lipinski definition) is 6. The van der Waals surface area contributed by atoms with Gasteiger partial charge in [0.2, 0.25) is 5.91 Å². The molecule has 0 saturated carbocycles. The molecule has 68 heavy (non-hydrogen) atoms. The summed E-state index contributed by atoms with van der Waals surface area (Å²) in [4.78, 5) is 25.4. The Morgan fingerprint density at radius 3 is 1.31 bits per heavy atom. The van der Waals surface area contributed by atoms with Gasteiger partial charge in [0.1, 0.15) is 13.2 Å². The zero-order chi connectivity index (χ0) is 49.9. The molecule has 398 valence electrons. The number of aliphatic hydroxyl groups excluding tert-OH is 1. The van der Waals surface area contributed by atoms with Gasteiger partial charge < -0.3 is 28.8 Å². The number of rotatable bonds is 52. The summed E-state index contributed by atoms with van der Waals surface area (Å²) in [6.45, 7) is 4.59. The normalized spacial score (nSPS) is 14.4. The first-order valence-electron chi connectivity index (χ1n) is 28.7. The van der Waals surface area contributed by atoms with Crippen LogP contribution in [0.1, 0.15) is 258 Å². The SMILES string of the molecule is CCCCC/C=C/CC/C=C/CC/C=C/C(O)C(COP(=O)([O-])OCC[N+](C)(C)C)NC(=O)CCCCCCCCCCCCCCCCCCC/C=C\C/C=C\CCCCCCCCCCC. The molecule has 0 heterocycles. The van der Waals surface area contributed by atoms with E-state index in [1.165, 1.54) is 180 Å². The van der Waals surface area contributed by atoms with Gasteiger partial charge in [-0.05, 0) is 77.0 Å². The van der Waals surface area contributed by atoms with Crippen LogP contribution in [0.25, 0.3) is 0 Å². The van der Waals surface area contributed by atoms with Gasteiger partial charge in [-0.1, -0.05) is 235 Å². The lowest BCUT2D eigenvalue weighted by Gasteiger charge is -2.29. The lowest BCUT2D eigenvalue weighted by molar-refractivity contribution is -0.870. The Kier molecular flexibility index (Phi) is 48.8. The Labute approximate surface area is 422 Å². The zero-order valence-electron chi connectivity index (χ0n) is 45.3. The Bertz CT molecular complexity index is 1290. The summed E-state index contributed by atoms with van der Waals surface area (Å²) in [7, 11) is 1.23. The van der Waals surface area contributed by atoms with Gasteiger partial charge in [0.25, 0.3) is 7.82 Å². The summed E-state index contributed by atoms with van der Waals surface area (Å²) in [5.41, 5.74) is 0. The standard InChI is InChI=1S/C59H111N2O6P/c1-6-8-10-12-14-16-18-20-21-22-23-24-25-26-27-28-29-30-31-32-33-34-35-36-37-38-39-41-43-45-47-49-51-53-59(63)60-57(56-67-68(64,65)66-55-54-61(3,4)5)58(62)52-50-48-46-44-42-40-19-17-15-13-11-9-7-2/h15,17,23-24,26-27,42,44,50,52,57-58,62H,6-14,16,18-22,25,28-41,43,45-49,51,53-56H2,1-5H3,(H-,60,63,64,65)/b17-15+,24-23-,27-26-,44-42+,52-50+. The number of likely N-dealkylation sites (N-methyl/N-ethyl adjacent to an activating group) is 1. The fourth-order valence-electron chi connectivity index (χ4n) is 8.16. The van der Waals surface area contributed by atoms with Gasteiger partial charge in [-0.15, -0.1) is 0 Å². The number of phosphoric ester groups is 1. The monoisotopic (exact) mass is 975 g/mol. The summed E-state index contributed by atoms with van der Waals surface area (Å²) >= 11 is 0. The molecule has 0 bridgehead atoms. The lowest BCUT2D eigenvalue weighted by Crippen LogP contribution is -2.45. The molecule has 0 aromatic rings. The summed E-state index contributed by atoms with van der Waals surface area (Å²) in [6, 6.07) is -0.910. The van der Waals surface area contributed by atoms with Crippen LogP contribution in [-0.4, -0.2) is 68.5 Å². The number of aliphatic hydroxyl groups is 1. The average Bonchev–Trinajstić information content (AvgIpc) is 3.30. The van der Waals surface area contributed by atoms with Crippen LogP contribution >= 0.6 is 7.82 Å². The molecule has 0 aliphatic carbocycles. The van der Waals surface area contributed by atoms with E-state index in [2.05, 4.69) is 67.8 Å². The van der Waals surface area contributed by atoms with Crippen molar-refractivity contribution in [3.8, 4) is 0 Å². The van der Waals surface area contributed by atoms with Crippen molar-refractivity contribution in [3.05, 3.63) is 60.8 Å². The van der Waals surface area contributed by atoms with E-state index in [9.17, 15) is 19.4 Å². The number of phosphoric acid groups is 1. The van der Waals surface area contributed by atoms with Crippen molar-refractivity contribution in [1.82, 2.24) is 5.32 Å².